The van der Waals surface area contributed by atoms with Gasteiger partial charge in [-0.2, -0.15) is 0 Å². The van der Waals surface area contributed by atoms with Crippen molar-refractivity contribution in [1.82, 2.24) is 15.8 Å². The summed E-state index contributed by atoms with van der Waals surface area (Å²) >= 11 is 0. The zero-order valence-corrected chi connectivity index (χ0v) is 16.0. The first-order valence-corrected chi connectivity index (χ1v) is 9.18. The van der Waals surface area contributed by atoms with Crippen molar-refractivity contribution in [3.8, 4) is 5.75 Å². The van der Waals surface area contributed by atoms with Crippen LogP contribution in [0.3, 0.4) is 0 Å². The average Bonchev–Trinajstić information content (AvgIpc) is 2.86. The van der Waals surface area contributed by atoms with Gasteiger partial charge in [-0.1, -0.05) is 24.3 Å². The molecule has 1 aliphatic heterocycles. The Labute approximate surface area is 168 Å². The van der Waals surface area contributed by atoms with E-state index < -0.39 is 18.2 Å². The van der Waals surface area contributed by atoms with Crippen molar-refractivity contribution in [2.75, 3.05) is 13.7 Å². The fourth-order valence-electron chi connectivity index (χ4n) is 3.29. The first kappa shape index (κ1) is 20.5. The number of hydrogen-bond acceptors (Lipinski definition) is 6. The van der Waals surface area contributed by atoms with Crippen molar-refractivity contribution >= 4 is 18.6 Å². The van der Waals surface area contributed by atoms with Crippen LogP contribution < -0.4 is 15.5 Å². The van der Waals surface area contributed by atoms with Gasteiger partial charge in [-0.15, -0.1) is 0 Å². The van der Waals surface area contributed by atoms with Gasteiger partial charge in [0, 0.05) is 24.2 Å². The largest absolute Gasteiger partial charge is 0.497 e. The number of nitrogens with zero attached hydrogens (tertiary/aromatic N) is 1. The van der Waals surface area contributed by atoms with Crippen molar-refractivity contribution < 1.29 is 24.2 Å². The summed E-state index contributed by atoms with van der Waals surface area (Å²) in [7, 11) is 1.59. The van der Waals surface area contributed by atoms with E-state index >= 15 is 0 Å². The van der Waals surface area contributed by atoms with Crippen molar-refractivity contribution in [3.63, 3.8) is 0 Å². The number of methoxy groups -OCH3 is 1. The van der Waals surface area contributed by atoms with E-state index in [1.165, 1.54) is 6.07 Å². The van der Waals surface area contributed by atoms with E-state index in [4.69, 9.17) is 4.74 Å². The van der Waals surface area contributed by atoms with Gasteiger partial charge in [-0.3, -0.25) is 15.0 Å². The fraction of sp³-hybridized carbons (Fsp3) is 0.286. The lowest BCUT2D eigenvalue weighted by molar-refractivity contribution is 0.0809. The van der Waals surface area contributed by atoms with Crippen LogP contribution in [0.25, 0.3) is 0 Å². The SMILES string of the molecule is COc1ccc(C[C@@H]2NC(=O)NN(Cc3ccc(C=O)cc3C=O)C[C@@H]2O)cc1. The Balaban J connectivity index is 1.70. The Morgan fingerprint density at radius 1 is 1.17 bits per heavy atom. The molecule has 152 valence electrons. The zero-order chi connectivity index (χ0) is 20.8. The predicted octanol–water partition coefficient (Wildman–Crippen LogP) is 1.32. The summed E-state index contributed by atoms with van der Waals surface area (Å²) in [4.78, 5) is 34.5. The number of aliphatic hydroxyl groups is 1. The predicted molar refractivity (Wildman–Crippen MR) is 106 cm³/mol. The van der Waals surface area contributed by atoms with E-state index in [0.29, 0.717) is 35.7 Å². The van der Waals surface area contributed by atoms with Crippen LogP contribution in [0.5, 0.6) is 5.75 Å². The van der Waals surface area contributed by atoms with Crippen LogP contribution >= 0.6 is 0 Å². The second kappa shape index (κ2) is 9.31. The summed E-state index contributed by atoms with van der Waals surface area (Å²) in [6, 6.07) is 11.3. The van der Waals surface area contributed by atoms with Crippen LogP contribution in [0.15, 0.2) is 42.5 Å². The number of hydrazine groups is 1. The van der Waals surface area contributed by atoms with E-state index in [9.17, 15) is 19.5 Å². The van der Waals surface area contributed by atoms with Gasteiger partial charge in [0.05, 0.1) is 19.3 Å². The number of benzene rings is 2. The Morgan fingerprint density at radius 3 is 2.59 bits per heavy atom. The van der Waals surface area contributed by atoms with Crippen LogP contribution in [0, 0.1) is 0 Å². The minimum Gasteiger partial charge on any atom is -0.497 e. The molecule has 29 heavy (non-hydrogen) atoms. The van der Waals surface area contributed by atoms with Crippen molar-refractivity contribution in [1.29, 1.82) is 0 Å². The highest BCUT2D eigenvalue weighted by Gasteiger charge is 2.29. The maximum Gasteiger partial charge on any atom is 0.329 e. The molecule has 1 aliphatic rings. The fourth-order valence-corrected chi connectivity index (χ4v) is 3.29. The number of ether oxygens (including phenoxy) is 1. The quantitative estimate of drug-likeness (QED) is 0.608. The maximum absolute atomic E-state index is 12.3. The van der Waals surface area contributed by atoms with Crippen LogP contribution in [0.4, 0.5) is 4.79 Å². The Hall–Kier alpha value is -3.23. The smallest absolute Gasteiger partial charge is 0.329 e. The zero-order valence-electron chi connectivity index (χ0n) is 16.0. The van der Waals surface area contributed by atoms with E-state index in [-0.39, 0.29) is 13.1 Å². The molecular weight excluding hydrogens is 374 g/mol. The van der Waals surface area contributed by atoms with Gasteiger partial charge in [0.25, 0.3) is 0 Å². The molecular formula is C21H23N3O5. The summed E-state index contributed by atoms with van der Waals surface area (Å²) in [5, 5.41) is 15.0. The molecule has 2 aromatic rings. The molecule has 0 aromatic heterocycles. The topological polar surface area (TPSA) is 108 Å². The molecule has 3 rings (SSSR count). The number of β-amino-alcohol motifs (C(OH)–C–C–N with tert-alkyl or cyclic N) is 1. The number of carbonyl (C=O) groups excluding carboxylic acids is 3. The Morgan fingerprint density at radius 2 is 1.93 bits per heavy atom. The number of nitrogens with one attached hydrogen (secondary N) is 2. The maximum atomic E-state index is 12.3. The van der Waals surface area contributed by atoms with Crippen LogP contribution in [-0.2, 0) is 13.0 Å². The number of carbonyl (C=O) groups is 3. The van der Waals surface area contributed by atoms with Crippen molar-refractivity contribution in [2.45, 2.75) is 25.1 Å². The number of rotatable bonds is 7. The summed E-state index contributed by atoms with van der Waals surface area (Å²) in [5.74, 6) is 0.735. The molecule has 0 bridgehead atoms. The first-order chi connectivity index (χ1) is 14.0. The van der Waals surface area contributed by atoms with Gasteiger partial charge in [0.2, 0.25) is 0 Å². The third-order valence-electron chi connectivity index (χ3n) is 4.86. The van der Waals surface area contributed by atoms with Crippen LogP contribution in [-0.4, -0.2) is 54.5 Å². The van der Waals surface area contributed by atoms with Crippen LogP contribution in [0.2, 0.25) is 0 Å². The highest BCUT2D eigenvalue weighted by molar-refractivity contribution is 5.83. The number of aliphatic hydroxyl groups excluding tert-OH is 1. The third-order valence-corrected chi connectivity index (χ3v) is 4.86. The molecule has 8 heteroatoms. The van der Waals surface area contributed by atoms with Gasteiger partial charge in [0.1, 0.15) is 18.3 Å². The molecule has 2 aromatic carbocycles. The first-order valence-electron chi connectivity index (χ1n) is 9.18. The Bertz CT molecular complexity index is 884. The second-order valence-corrected chi connectivity index (χ2v) is 6.89. The van der Waals surface area contributed by atoms with E-state index in [1.54, 1.807) is 24.3 Å². The van der Waals surface area contributed by atoms with Gasteiger partial charge < -0.3 is 15.2 Å². The summed E-state index contributed by atoms with van der Waals surface area (Å²) in [5.41, 5.74) is 5.06. The average molecular weight is 397 g/mol. The molecule has 2 amide bonds. The van der Waals surface area contributed by atoms with Crippen LogP contribution in [0.1, 0.15) is 31.8 Å². The van der Waals surface area contributed by atoms with E-state index in [0.717, 1.165) is 11.3 Å². The number of hydrogen-bond donors (Lipinski definition) is 3. The van der Waals surface area contributed by atoms with Crippen molar-refractivity contribution in [2.24, 2.45) is 0 Å². The molecule has 0 aliphatic carbocycles. The minimum absolute atomic E-state index is 0.174. The van der Waals surface area contributed by atoms with E-state index in [2.05, 4.69) is 10.7 Å². The van der Waals surface area contributed by atoms with Crippen molar-refractivity contribution in [3.05, 3.63) is 64.7 Å². The highest BCUT2D eigenvalue weighted by Crippen LogP contribution is 2.16. The molecule has 0 saturated carbocycles. The lowest BCUT2D eigenvalue weighted by atomic mass is 10.0. The number of aldehydes is 2. The van der Waals surface area contributed by atoms with Gasteiger partial charge >= 0.3 is 6.03 Å². The molecule has 0 unspecified atom stereocenters. The third kappa shape index (κ3) is 5.18. The summed E-state index contributed by atoms with van der Waals surface area (Å²) in [6.07, 6.45) is 0.968. The molecule has 1 saturated heterocycles. The summed E-state index contributed by atoms with van der Waals surface area (Å²) < 4.78 is 5.14. The van der Waals surface area contributed by atoms with Gasteiger partial charge in [0.15, 0.2) is 0 Å². The van der Waals surface area contributed by atoms with Gasteiger partial charge in [-0.05, 0) is 35.7 Å². The molecule has 1 fully saturated rings. The molecule has 2 atom stereocenters. The molecule has 1 heterocycles. The minimum atomic E-state index is -0.829. The molecule has 0 radical (unpaired) electrons. The second-order valence-electron chi connectivity index (χ2n) is 6.89. The van der Waals surface area contributed by atoms with E-state index in [1.807, 2.05) is 24.3 Å². The highest BCUT2D eigenvalue weighted by atomic mass is 16.5. The monoisotopic (exact) mass is 397 g/mol. The normalized spacial score (nSPS) is 19.6. The lowest BCUT2D eigenvalue weighted by Crippen LogP contribution is -2.46. The Kier molecular flexibility index (Phi) is 6.58. The number of urea groups is 1. The van der Waals surface area contributed by atoms with Gasteiger partial charge in [-0.25, -0.2) is 9.80 Å². The lowest BCUT2D eigenvalue weighted by Gasteiger charge is -2.24. The molecule has 3 N–H and O–H groups in total. The summed E-state index contributed by atoms with van der Waals surface area (Å²) in [6.45, 7) is 0.389. The standard InChI is InChI=1S/C21H23N3O5/c1-29-18-6-3-14(4-7-18)9-19-20(27)11-24(23-21(28)22-19)10-16-5-2-15(12-25)8-17(16)13-26/h2-8,12-13,19-20,27H,9-11H2,1H3,(H2,22,23,28)/t19-,20-/m0/s1. The molecule has 8 nitrogen and oxygen atoms in total. The molecule has 0 spiro atoms. The number of amides is 2.